The molecule has 4 heteroatoms. The van der Waals surface area contributed by atoms with Crippen LogP contribution in [0.15, 0.2) is 11.8 Å². The first-order valence-electron chi connectivity index (χ1n) is 4.81. The van der Waals surface area contributed by atoms with Crippen molar-refractivity contribution in [3.05, 3.63) is 11.8 Å². The van der Waals surface area contributed by atoms with Gasteiger partial charge in [0.1, 0.15) is 11.9 Å². The van der Waals surface area contributed by atoms with Gasteiger partial charge in [0.25, 0.3) is 0 Å². The molecule has 0 unspecified atom stereocenters. The van der Waals surface area contributed by atoms with E-state index in [1.54, 1.807) is 6.92 Å². The van der Waals surface area contributed by atoms with E-state index in [-0.39, 0.29) is 12.1 Å². The number of hydrogen-bond donors (Lipinski definition) is 0. The molecule has 0 aromatic carbocycles. The minimum Gasteiger partial charge on any atom is -0.493 e. The Bertz CT molecular complexity index is 236. The van der Waals surface area contributed by atoms with Gasteiger partial charge in [0.2, 0.25) is 0 Å². The molecule has 1 saturated heterocycles. The largest absolute Gasteiger partial charge is 0.493 e. The number of hydrogen-bond acceptors (Lipinski definition) is 3. The second-order valence-electron chi connectivity index (χ2n) is 3.24. The van der Waals surface area contributed by atoms with Gasteiger partial charge in [0, 0.05) is 11.2 Å². The number of esters is 1. The lowest BCUT2D eigenvalue weighted by Gasteiger charge is -2.12. The summed E-state index contributed by atoms with van der Waals surface area (Å²) in [6, 6.07) is 0. The van der Waals surface area contributed by atoms with Crippen LogP contribution in [0.5, 0.6) is 0 Å². The fraction of sp³-hybridized carbons (Fsp3) is 0.700. The van der Waals surface area contributed by atoms with Crippen molar-refractivity contribution in [3.8, 4) is 0 Å². The molecule has 3 nitrogen and oxygen atoms in total. The van der Waals surface area contributed by atoms with Gasteiger partial charge in [0.05, 0.1) is 12.7 Å². The van der Waals surface area contributed by atoms with Gasteiger partial charge in [-0.15, -0.1) is 0 Å². The van der Waals surface area contributed by atoms with E-state index >= 15 is 0 Å². The standard InChI is InChI=1S/C10H15BrO3/c1-3-13-10(12)6-8-4-5-9(14-8)7(2)11/h6-7,9H,3-5H2,1-2H3/b8-6-/t7-,9-/m1/s1. The molecule has 0 spiro atoms. The van der Waals surface area contributed by atoms with Gasteiger partial charge in [-0.05, 0) is 20.3 Å². The summed E-state index contributed by atoms with van der Waals surface area (Å²) in [6.07, 6.45) is 3.39. The van der Waals surface area contributed by atoms with Gasteiger partial charge in [0.15, 0.2) is 0 Å². The zero-order valence-corrected chi connectivity index (χ0v) is 10.0. The van der Waals surface area contributed by atoms with Crippen LogP contribution in [0.2, 0.25) is 0 Å². The molecule has 0 N–H and O–H groups in total. The maximum atomic E-state index is 11.1. The first kappa shape index (κ1) is 11.6. The van der Waals surface area contributed by atoms with Crippen LogP contribution >= 0.6 is 15.9 Å². The zero-order valence-electron chi connectivity index (χ0n) is 8.46. The molecule has 0 radical (unpaired) electrons. The van der Waals surface area contributed by atoms with Gasteiger partial charge < -0.3 is 9.47 Å². The van der Waals surface area contributed by atoms with Crippen molar-refractivity contribution in [2.75, 3.05) is 6.61 Å². The van der Waals surface area contributed by atoms with E-state index in [1.165, 1.54) is 6.08 Å². The topological polar surface area (TPSA) is 35.5 Å². The molecule has 0 aliphatic carbocycles. The van der Waals surface area contributed by atoms with Crippen molar-refractivity contribution in [1.29, 1.82) is 0 Å². The number of carbonyl (C=O) groups excluding carboxylic acids is 1. The SMILES string of the molecule is CCOC(=O)/C=C1/CC[C@H]([C@@H](C)Br)O1. The van der Waals surface area contributed by atoms with Crippen molar-refractivity contribution in [3.63, 3.8) is 0 Å². The molecular weight excluding hydrogens is 248 g/mol. The molecule has 80 valence electrons. The maximum Gasteiger partial charge on any atom is 0.334 e. The van der Waals surface area contributed by atoms with Crippen LogP contribution in [0, 0.1) is 0 Å². The summed E-state index contributed by atoms with van der Waals surface area (Å²) >= 11 is 3.46. The first-order valence-corrected chi connectivity index (χ1v) is 5.73. The van der Waals surface area contributed by atoms with Crippen LogP contribution < -0.4 is 0 Å². The molecule has 0 amide bonds. The van der Waals surface area contributed by atoms with Gasteiger partial charge in [-0.1, -0.05) is 15.9 Å². The Labute approximate surface area is 92.6 Å². The predicted molar refractivity (Wildman–Crippen MR) is 57.2 cm³/mol. The van der Waals surface area contributed by atoms with Crippen LogP contribution in [0.3, 0.4) is 0 Å². The van der Waals surface area contributed by atoms with Gasteiger partial charge in [-0.3, -0.25) is 0 Å². The summed E-state index contributed by atoms with van der Waals surface area (Å²) in [5, 5.41) is 0. The van der Waals surface area contributed by atoms with Gasteiger partial charge in [-0.2, -0.15) is 0 Å². The van der Waals surface area contributed by atoms with Crippen molar-refractivity contribution in [1.82, 2.24) is 0 Å². The number of allylic oxidation sites excluding steroid dienone is 1. The summed E-state index contributed by atoms with van der Waals surface area (Å²) in [5.41, 5.74) is 0. The van der Waals surface area contributed by atoms with E-state index < -0.39 is 0 Å². The summed E-state index contributed by atoms with van der Waals surface area (Å²) in [5.74, 6) is 0.421. The number of alkyl halides is 1. The summed E-state index contributed by atoms with van der Waals surface area (Å²) in [7, 11) is 0. The Balaban J connectivity index is 2.44. The molecule has 1 rings (SSSR count). The molecule has 0 aromatic heterocycles. The number of halogens is 1. The molecule has 1 aliphatic rings. The maximum absolute atomic E-state index is 11.1. The van der Waals surface area contributed by atoms with E-state index in [2.05, 4.69) is 15.9 Å². The molecule has 0 aromatic rings. The van der Waals surface area contributed by atoms with Crippen molar-refractivity contribution < 1.29 is 14.3 Å². The molecule has 1 aliphatic heterocycles. The highest BCUT2D eigenvalue weighted by molar-refractivity contribution is 9.09. The highest BCUT2D eigenvalue weighted by Crippen LogP contribution is 2.27. The van der Waals surface area contributed by atoms with Gasteiger partial charge >= 0.3 is 5.97 Å². The normalized spacial score (nSPS) is 25.9. The third-order valence-electron chi connectivity index (χ3n) is 2.06. The van der Waals surface area contributed by atoms with Gasteiger partial charge in [-0.25, -0.2) is 4.79 Å². The van der Waals surface area contributed by atoms with E-state index in [0.29, 0.717) is 11.4 Å². The highest BCUT2D eigenvalue weighted by atomic mass is 79.9. The van der Waals surface area contributed by atoms with Crippen LogP contribution in [-0.2, 0) is 14.3 Å². The number of ether oxygens (including phenoxy) is 2. The quantitative estimate of drug-likeness (QED) is 0.445. The fourth-order valence-corrected chi connectivity index (χ4v) is 1.71. The third-order valence-corrected chi connectivity index (χ3v) is 2.65. The smallest absolute Gasteiger partial charge is 0.334 e. The predicted octanol–water partition coefficient (Wildman–Crippen LogP) is 2.40. The van der Waals surface area contributed by atoms with E-state index in [4.69, 9.17) is 9.47 Å². The highest BCUT2D eigenvalue weighted by Gasteiger charge is 2.25. The van der Waals surface area contributed by atoms with Crippen LogP contribution in [0.25, 0.3) is 0 Å². The van der Waals surface area contributed by atoms with Crippen molar-refractivity contribution in [2.45, 2.75) is 37.6 Å². The minimum atomic E-state index is -0.314. The second-order valence-corrected chi connectivity index (χ2v) is 4.68. The average Bonchev–Trinajstić information content (AvgIpc) is 2.53. The Kier molecular flexibility index (Phi) is 4.45. The van der Waals surface area contributed by atoms with Crippen LogP contribution in [-0.4, -0.2) is 23.5 Å². The number of carbonyl (C=O) groups is 1. The first-order chi connectivity index (χ1) is 6.63. The molecule has 0 bridgehead atoms. The average molecular weight is 263 g/mol. The Morgan fingerprint density at radius 3 is 3.07 bits per heavy atom. The Morgan fingerprint density at radius 1 is 1.86 bits per heavy atom. The van der Waals surface area contributed by atoms with E-state index in [1.807, 2.05) is 6.92 Å². The van der Waals surface area contributed by atoms with Crippen LogP contribution in [0.4, 0.5) is 0 Å². The molecule has 2 atom stereocenters. The number of rotatable bonds is 3. The van der Waals surface area contributed by atoms with E-state index in [0.717, 1.165) is 18.6 Å². The third kappa shape index (κ3) is 3.33. The zero-order chi connectivity index (χ0) is 10.6. The lowest BCUT2D eigenvalue weighted by molar-refractivity contribution is -0.137. The van der Waals surface area contributed by atoms with E-state index in [9.17, 15) is 4.79 Å². The Morgan fingerprint density at radius 2 is 2.57 bits per heavy atom. The fourth-order valence-electron chi connectivity index (χ4n) is 1.34. The molecule has 1 heterocycles. The summed E-state index contributed by atoms with van der Waals surface area (Å²) < 4.78 is 10.3. The monoisotopic (exact) mass is 262 g/mol. The Hall–Kier alpha value is -0.510. The molecule has 0 saturated carbocycles. The second kappa shape index (κ2) is 5.39. The van der Waals surface area contributed by atoms with Crippen molar-refractivity contribution in [2.24, 2.45) is 0 Å². The summed E-state index contributed by atoms with van der Waals surface area (Å²) in [6.45, 7) is 4.23. The van der Waals surface area contributed by atoms with Crippen LogP contribution in [0.1, 0.15) is 26.7 Å². The minimum absolute atomic E-state index is 0.177. The summed E-state index contributed by atoms with van der Waals surface area (Å²) in [4.78, 5) is 11.4. The molecular formula is C10H15BrO3. The lowest BCUT2D eigenvalue weighted by Crippen LogP contribution is -2.15. The molecule has 14 heavy (non-hydrogen) atoms. The lowest BCUT2D eigenvalue weighted by atomic mass is 10.2. The van der Waals surface area contributed by atoms with Crippen molar-refractivity contribution >= 4 is 21.9 Å². The molecule has 1 fully saturated rings.